The number of rotatable bonds is 4. The summed E-state index contributed by atoms with van der Waals surface area (Å²) >= 11 is 0. The van der Waals surface area contributed by atoms with Gasteiger partial charge >= 0.3 is 5.97 Å². The predicted octanol–water partition coefficient (Wildman–Crippen LogP) is 1.05. The van der Waals surface area contributed by atoms with Crippen molar-refractivity contribution in [2.75, 3.05) is 4.72 Å². The van der Waals surface area contributed by atoms with Gasteiger partial charge in [0.2, 0.25) is 0 Å². The highest BCUT2D eigenvalue weighted by atomic mass is 32.2. The van der Waals surface area contributed by atoms with E-state index < -0.39 is 27.4 Å². The molecule has 0 bridgehead atoms. The van der Waals surface area contributed by atoms with E-state index in [4.69, 9.17) is 5.11 Å². The average molecular weight is 285 g/mol. The number of aromatic nitrogens is 2. The van der Waals surface area contributed by atoms with Crippen molar-refractivity contribution in [3.63, 3.8) is 0 Å². The summed E-state index contributed by atoms with van der Waals surface area (Å²) in [6.07, 6.45) is 2.24. The van der Waals surface area contributed by atoms with Crippen molar-refractivity contribution in [1.29, 1.82) is 0 Å². The highest BCUT2D eigenvalue weighted by molar-refractivity contribution is 7.92. The van der Waals surface area contributed by atoms with Crippen LogP contribution in [0.15, 0.2) is 35.5 Å². The molecule has 1 aromatic heterocycles. The van der Waals surface area contributed by atoms with Gasteiger partial charge in [-0.3, -0.25) is 9.82 Å². The Morgan fingerprint density at radius 3 is 2.74 bits per heavy atom. The first-order valence-electron chi connectivity index (χ1n) is 4.94. The van der Waals surface area contributed by atoms with Gasteiger partial charge in [-0.2, -0.15) is 5.10 Å². The summed E-state index contributed by atoms with van der Waals surface area (Å²) in [5, 5.41) is 14.6. The van der Waals surface area contributed by atoms with Gasteiger partial charge < -0.3 is 5.11 Å². The van der Waals surface area contributed by atoms with E-state index in [2.05, 4.69) is 14.9 Å². The van der Waals surface area contributed by atoms with Crippen molar-refractivity contribution in [1.82, 2.24) is 10.2 Å². The number of aromatic amines is 1. The Bertz CT molecular complexity index is 712. The van der Waals surface area contributed by atoms with E-state index in [0.717, 1.165) is 30.6 Å². The molecule has 19 heavy (non-hydrogen) atoms. The molecule has 0 unspecified atom stereocenters. The van der Waals surface area contributed by atoms with E-state index in [1.807, 2.05) is 0 Å². The third-order valence-electron chi connectivity index (χ3n) is 2.23. The van der Waals surface area contributed by atoms with E-state index >= 15 is 0 Å². The Morgan fingerprint density at radius 2 is 2.16 bits per heavy atom. The molecule has 9 heteroatoms. The molecule has 0 aliphatic heterocycles. The Hall–Kier alpha value is -2.42. The number of nitrogens with zero attached hydrogens (tertiary/aromatic N) is 1. The lowest BCUT2D eigenvalue weighted by Crippen LogP contribution is -2.13. The van der Waals surface area contributed by atoms with Crippen molar-refractivity contribution < 1.29 is 22.7 Å². The zero-order valence-corrected chi connectivity index (χ0v) is 10.1. The van der Waals surface area contributed by atoms with E-state index in [1.54, 1.807) is 0 Å². The molecule has 0 atom stereocenters. The van der Waals surface area contributed by atoms with Crippen LogP contribution in [-0.4, -0.2) is 29.7 Å². The molecule has 0 saturated carbocycles. The molecule has 0 aliphatic carbocycles. The molecule has 1 heterocycles. The summed E-state index contributed by atoms with van der Waals surface area (Å²) in [6.45, 7) is 0. The van der Waals surface area contributed by atoms with Crippen LogP contribution < -0.4 is 4.72 Å². The van der Waals surface area contributed by atoms with Crippen LogP contribution in [0.4, 0.5) is 10.1 Å². The number of hydrogen-bond donors (Lipinski definition) is 3. The van der Waals surface area contributed by atoms with Crippen LogP contribution in [-0.2, 0) is 10.0 Å². The molecule has 7 nitrogen and oxygen atoms in total. The van der Waals surface area contributed by atoms with Crippen LogP contribution in [0.5, 0.6) is 0 Å². The van der Waals surface area contributed by atoms with E-state index in [9.17, 15) is 17.6 Å². The molecule has 100 valence electrons. The maximum Gasteiger partial charge on any atom is 0.338 e. The van der Waals surface area contributed by atoms with Gasteiger partial charge in [-0.1, -0.05) is 0 Å². The van der Waals surface area contributed by atoms with Crippen LogP contribution in [0.25, 0.3) is 0 Å². The van der Waals surface area contributed by atoms with Crippen LogP contribution in [0.1, 0.15) is 10.4 Å². The first kappa shape index (κ1) is 13.0. The second-order valence-electron chi connectivity index (χ2n) is 3.54. The third-order valence-corrected chi connectivity index (χ3v) is 3.58. The summed E-state index contributed by atoms with van der Waals surface area (Å²) < 4.78 is 38.9. The number of hydrogen-bond acceptors (Lipinski definition) is 4. The van der Waals surface area contributed by atoms with Crippen molar-refractivity contribution in [3.8, 4) is 0 Å². The van der Waals surface area contributed by atoms with Gasteiger partial charge in [0.25, 0.3) is 10.0 Å². The molecule has 1 aromatic carbocycles. The molecule has 3 N–H and O–H groups in total. The summed E-state index contributed by atoms with van der Waals surface area (Å²) in [7, 11) is -3.88. The number of sulfonamides is 1. The fourth-order valence-electron chi connectivity index (χ4n) is 1.35. The quantitative estimate of drug-likeness (QED) is 0.777. The van der Waals surface area contributed by atoms with E-state index in [0.29, 0.717) is 0 Å². The second-order valence-corrected chi connectivity index (χ2v) is 5.22. The summed E-state index contributed by atoms with van der Waals surface area (Å²) in [6, 6.07) is 2.89. The van der Waals surface area contributed by atoms with Crippen molar-refractivity contribution in [2.45, 2.75) is 4.90 Å². The number of carboxylic acid groups (broad SMARTS) is 1. The Labute approximate surface area is 107 Å². The zero-order chi connectivity index (χ0) is 14.0. The van der Waals surface area contributed by atoms with Gasteiger partial charge in [-0.15, -0.1) is 0 Å². The summed E-state index contributed by atoms with van der Waals surface area (Å²) in [5.74, 6) is -2.43. The predicted molar refractivity (Wildman–Crippen MR) is 62.8 cm³/mol. The second kappa shape index (κ2) is 4.69. The molecule has 0 aliphatic rings. The first-order chi connectivity index (χ1) is 8.90. The topological polar surface area (TPSA) is 112 Å². The SMILES string of the molecule is O=C(O)c1cc(NS(=O)(=O)c2cn[nH]c2)ccc1F. The lowest BCUT2D eigenvalue weighted by molar-refractivity contribution is 0.0692. The number of benzene rings is 1. The van der Waals surface area contributed by atoms with Crippen molar-refractivity contribution in [2.24, 2.45) is 0 Å². The standard InChI is InChI=1S/C10H8FN3O4S/c11-9-2-1-6(3-8(9)10(15)16)14-19(17,18)7-4-12-13-5-7/h1-5,14H,(H,12,13)(H,15,16). The van der Waals surface area contributed by atoms with Gasteiger partial charge in [0, 0.05) is 11.9 Å². The summed E-state index contributed by atoms with van der Waals surface area (Å²) in [5.41, 5.74) is -0.674. The number of anilines is 1. The average Bonchev–Trinajstić information content (AvgIpc) is 2.85. The fraction of sp³-hybridized carbons (Fsp3) is 0. The van der Waals surface area contributed by atoms with Gasteiger partial charge in [0.1, 0.15) is 10.7 Å². The molecule has 2 rings (SSSR count). The van der Waals surface area contributed by atoms with Crippen LogP contribution >= 0.6 is 0 Å². The third kappa shape index (κ3) is 2.71. The van der Waals surface area contributed by atoms with E-state index in [-0.39, 0.29) is 10.6 Å². The zero-order valence-electron chi connectivity index (χ0n) is 9.29. The molecule has 0 radical (unpaired) electrons. The molecule has 2 aromatic rings. The number of H-pyrrole nitrogens is 1. The summed E-state index contributed by atoms with van der Waals surface area (Å²) in [4.78, 5) is 10.6. The fourth-order valence-corrected chi connectivity index (χ4v) is 2.31. The lowest BCUT2D eigenvalue weighted by Gasteiger charge is -2.07. The Balaban J connectivity index is 2.35. The molecule has 0 saturated heterocycles. The minimum atomic E-state index is -3.88. The van der Waals surface area contributed by atoms with Crippen LogP contribution in [0.3, 0.4) is 0 Å². The monoisotopic (exact) mass is 285 g/mol. The maximum atomic E-state index is 13.2. The maximum absolute atomic E-state index is 13.2. The Kier molecular flexibility index (Phi) is 3.21. The van der Waals surface area contributed by atoms with E-state index in [1.165, 1.54) is 0 Å². The van der Waals surface area contributed by atoms with Crippen molar-refractivity contribution >= 4 is 21.7 Å². The molecule has 0 fully saturated rings. The highest BCUT2D eigenvalue weighted by Gasteiger charge is 2.17. The number of nitrogens with one attached hydrogen (secondary N) is 2. The number of halogens is 1. The van der Waals surface area contributed by atoms with Gasteiger partial charge in [0.05, 0.1) is 11.8 Å². The van der Waals surface area contributed by atoms with Gasteiger partial charge in [-0.05, 0) is 18.2 Å². The van der Waals surface area contributed by atoms with Gasteiger partial charge in [-0.25, -0.2) is 17.6 Å². The first-order valence-corrected chi connectivity index (χ1v) is 6.43. The smallest absolute Gasteiger partial charge is 0.338 e. The molecule has 0 amide bonds. The van der Waals surface area contributed by atoms with Crippen LogP contribution in [0, 0.1) is 5.82 Å². The molecule has 0 spiro atoms. The molecular formula is C10H8FN3O4S. The number of carboxylic acids is 1. The molecular weight excluding hydrogens is 277 g/mol. The van der Waals surface area contributed by atoms with Crippen molar-refractivity contribution in [3.05, 3.63) is 42.0 Å². The normalized spacial score (nSPS) is 11.2. The minimum Gasteiger partial charge on any atom is -0.478 e. The lowest BCUT2D eigenvalue weighted by atomic mass is 10.2. The minimum absolute atomic E-state index is 0.0556. The van der Waals surface area contributed by atoms with Gasteiger partial charge in [0.15, 0.2) is 0 Å². The van der Waals surface area contributed by atoms with Crippen LogP contribution in [0.2, 0.25) is 0 Å². The largest absolute Gasteiger partial charge is 0.478 e. The number of aromatic carboxylic acids is 1. The Morgan fingerprint density at radius 1 is 1.42 bits per heavy atom. The number of carbonyl (C=O) groups is 1. The highest BCUT2D eigenvalue weighted by Crippen LogP contribution is 2.18.